The van der Waals surface area contributed by atoms with E-state index in [0.717, 1.165) is 33.5 Å². The summed E-state index contributed by atoms with van der Waals surface area (Å²) in [6, 6.07) is 71.2. The highest BCUT2D eigenvalue weighted by Gasteiger charge is 2.40. The summed E-state index contributed by atoms with van der Waals surface area (Å²) in [4.78, 5) is 15.0. The largest absolute Gasteiger partial charge is 0.309 e. The summed E-state index contributed by atoms with van der Waals surface area (Å²) in [5.41, 5.74) is 16.0. The molecule has 0 bridgehead atoms. The molecule has 12 rings (SSSR count). The van der Waals surface area contributed by atoms with Crippen molar-refractivity contribution in [3.63, 3.8) is 0 Å². The molecule has 0 amide bonds. The number of benzene rings is 8. The van der Waals surface area contributed by atoms with E-state index in [0.29, 0.717) is 17.5 Å². The maximum Gasteiger partial charge on any atom is 0.164 e. The Balaban J connectivity index is 1.04. The van der Waals surface area contributed by atoms with Crippen LogP contribution in [0.2, 0.25) is 0 Å². The predicted octanol–water partition coefficient (Wildman–Crippen LogP) is 13.9. The standard InChI is InChI=1S/C56H39N5/c1-56(2)47-30-14-12-29-44(47)52-51(56)46-35-49-45(34-50(46)61(52)41-25-10-5-11-26-41)43-28-13-15-31-48(43)60(49)42-27-17-23-39(33-42)38-22-16-24-40(32-38)55-58-53(36-18-6-3-7-19-36)57-54(59-55)37-20-8-4-9-21-37/h3-35H,1-2H3. The van der Waals surface area contributed by atoms with Gasteiger partial charge >= 0.3 is 0 Å². The van der Waals surface area contributed by atoms with E-state index in [1.54, 1.807) is 0 Å². The van der Waals surface area contributed by atoms with Crippen molar-refractivity contribution in [3.8, 4) is 67.9 Å². The van der Waals surface area contributed by atoms with Crippen LogP contribution in [0.25, 0.3) is 101 Å². The number of rotatable bonds is 6. The normalized spacial score (nSPS) is 12.9. The minimum atomic E-state index is -0.179. The van der Waals surface area contributed by atoms with Crippen molar-refractivity contribution >= 4 is 32.7 Å². The van der Waals surface area contributed by atoms with Crippen molar-refractivity contribution in [2.45, 2.75) is 19.3 Å². The zero-order valence-electron chi connectivity index (χ0n) is 33.8. The van der Waals surface area contributed by atoms with Crippen LogP contribution in [0, 0.1) is 0 Å². The first-order valence-corrected chi connectivity index (χ1v) is 20.9. The van der Waals surface area contributed by atoms with E-state index in [-0.39, 0.29) is 5.41 Å². The van der Waals surface area contributed by atoms with E-state index in [1.165, 1.54) is 60.8 Å². The average Bonchev–Trinajstić information content (AvgIpc) is 3.92. The Hall–Kier alpha value is -7.89. The molecule has 0 atom stereocenters. The Morgan fingerprint density at radius 1 is 0.361 bits per heavy atom. The van der Waals surface area contributed by atoms with Gasteiger partial charge in [-0.15, -0.1) is 0 Å². The van der Waals surface area contributed by atoms with Gasteiger partial charge in [0.15, 0.2) is 17.5 Å². The van der Waals surface area contributed by atoms with Crippen molar-refractivity contribution in [1.82, 2.24) is 24.1 Å². The Bertz CT molecular complexity index is 3430. The number of hydrogen-bond donors (Lipinski definition) is 0. The van der Waals surface area contributed by atoms with Crippen molar-refractivity contribution in [2.24, 2.45) is 0 Å². The third kappa shape index (κ3) is 5.51. The second-order valence-corrected chi connectivity index (χ2v) is 16.5. The molecule has 0 N–H and O–H groups in total. The summed E-state index contributed by atoms with van der Waals surface area (Å²) < 4.78 is 4.94. The van der Waals surface area contributed by atoms with Gasteiger partial charge in [-0.1, -0.05) is 166 Å². The average molecular weight is 782 g/mol. The van der Waals surface area contributed by atoms with Gasteiger partial charge in [0, 0.05) is 55.2 Å². The fourth-order valence-corrected chi connectivity index (χ4v) is 9.73. The van der Waals surface area contributed by atoms with Crippen LogP contribution in [0.1, 0.15) is 25.0 Å². The molecule has 1 aliphatic rings. The van der Waals surface area contributed by atoms with Gasteiger partial charge in [0.25, 0.3) is 0 Å². The molecular weight excluding hydrogens is 743 g/mol. The number of nitrogens with zero attached hydrogens (tertiary/aromatic N) is 5. The molecule has 0 radical (unpaired) electrons. The maximum atomic E-state index is 5.03. The fourth-order valence-electron chi connectivity index (χ4n) is 9.73. The van der Waals surface area contributed by atoms with Crippen molar-refractivity contribution in [2.75, 3.05) is 0 Å². The van der Waals surface area contributed by atoms with Crippen molar-refractivity contribution in [1.29, 1.82) is 0 Å². The lowest BCUT2D eigenvalue weighted by Crippen LogP contribution is -2.14. The summed E-state index contributed by atoms with van der Waals surface area (Å²) in [7, 11) is 0. The summed E-state index contributed by atoms with van der Waals surface area (Å²) in [5, 5.41) is 3.74. The van der Waals surface area contributed by atoms with Crippen molar-refractivity contribution in [3.05, 3.63) is 211 Å². The molecule has 5 nitrogen and oxygen atoms in total. The van der Waals surface area contributed by atoms with Gasteiger partial charge < -0.3 is 9.13 Å². The molecule has 8 aromatic carbocycles. The highest BCUT2D eigenvalue weighted by molar-refractivity contribution is 6.15. The molecule has 0 saturated carbocycles. The molecular formula is C56H39N5. The zero-order chi connectivity index (χ0) is 40.7. The van der Waals surface area contributed by atoms with Crippen LogP contribution in [0.4, 0.5) is 0 Å². The highest BCUT2D eigenvalue weighted by Crippen LogP contribution is 2.54. The van der Waals surface area contributed by atoms with Gasteiger partial charge in [-0.3, -0.25) is 0 Å². The molecule has 0 saturated heterocycles. The van der Waals surface area contributed by atoms with Crippen LogP contribution in [0.5, 0.6) is 0 Å². The maximum absolute atomic E-state index is 5.03. The molecule has 0 aliphatic heterocycles. The summed E-state index contributed by atoms with van der Waals surface area (Å²) in [5.74, 6) is 1.93. The molecule has 61 heavy (non-hydrogen) atoms. The molecule has 5 heteroatoms. The SMILES string of the molecule is CC1(C)c2ccccc2-c2c1c1cc3c(cc1n2-c1ccccc1)c1ccccc1n3-c1cccc(-c2cccc(-c3nc(-c4ccccc4)nc(-c4ccccc4)n3)c2)c1. The monoisotopic (exact) mass is 781 g/mol. The lowest BCUT2D eigenvalue weighted by atomic mass is 9.81. The zero-order valence-corrected chi connectivity index (χ0v) is 33.8. The molecule has 288 valence electrons. The number of fused-ring (bicyclic) bond motifs is 8. The van der Waals surface area contributed by atoms with E-state index in [4.69, 9.17) is 15.0 Å². The summed E-state index contributed by atoms with van der Waals surface area (Å²) in [6.07, 6.45) is 0. The molecule has 0 spiro atoms. The van der Waals surface area contributed by atoms with Crippen LogP contribution < -0.4 is 0 Å². The van der Waals surface area contributed by atoms with Crippen LogP contribution in [0.3, 0.4) is 0 Å². The Morgan fingerprint density at radius 3 is 1.59 bits per heavy atom. The summed E-state index contributed by atoms with van der Waals surface area (Å²) in [6.45, 7) is 4.76. The topological polar surface area (TPSA) is 48.5 Å². The Labute approximate surface area is 353 Å². The lowest BCUT2D eigenvalue weighted by molar-refractivity contribution is 0.666. The number of hydrogen-bond acceptors (Lipinski definition) is 3. The van der Waals surface area contributed by atoms with Gasteiger partial charge in [-0.2, -0.15) is 0 Å². The van der Waals surface area contributed by atoms with Crippen LogP contribution >= 0.6 is 0 Å². The third-order valence-corrected chi connectivity index (χ3v) is 12.5. The van der Waals surface area contributed by atoms with Gasteiger partial charge in [0.1, 0.15) is 0 Å². The van der Waals surface area contributed by atoms with Gasteiger partial charge in [-0.05, 0) is 70.8 Å². The van der Waals surface area contributed by atoms with E-state index in [9.17, 15) is 0 Å². The molecule has 11 aromatic rings. The van der Waals surface area contributed by atoms with Crippen molar-refractivity contribution < 1.29 is 0 Å². The van der Waals surface area contributed by atoms with E-state index in [1.807, 2.05) is 60.7 Å². The minimum absolute atomic E-state index is 0.179. The molecule has 3 aromatic heterocycles. The lowest BCUT2D eigenvalue weighted by Gasteiger charge is -2.21. The predicted molar refractivity (Wildman–Crippen MR) is 250 cm³/mol. The molecule has 0 unspecified atom stereocenters. The van der Waals surface area contributed by atoms with E-state index in [2.05, 4.69) is 163 Å². The third-order valence-electron chi connectivity index (χ3n) is 12.5. The van der Waals surface area contributed by atoms with Crippen LogP contribution in [-0.4, -0.2) is 24.1 Å². The minimum Gasteiger partial charge on any atom is -0.309 e. The highest BCUT2D eigenvalue weighted by atomic mass is 15.0. The Morgan fingerprint density at radius 2 is 0.869 bits per heavy atom. The first-order valence-electron chi connectivity index (χ1n) is 20.9. The first kappa shape index (κ1) is 35.1. The first-order chi connectivity index (χ1) is 30.0. The van der Waals surface area contributed by atoms with E-state index >= 15 is 0 Å². The quantitative estimate of drug-likeness (QED) is 0.169. The summed E-state index contributed by atoms with van der Waals surface area (Å²) >= 11 is 0. The molecule has 3 heterocycles. The second-order valence-electron chi connectivity index (χ2n) is 16.5. The fraction of sp³-hybridized carbons (Fsp3) is 0.0536. The van der Waals surface area contributed by atoms with E-state index < -0.39 is 0 Å². The number of aromatic nitrogens is 5. The number of para-hydroxylation sites is 2. The molecule has 0 fully saturated rings. The van der Waals surface area contributed by atoms with Crippen LogP contribution in [0.15, 0.2) is 200 Å². The van der Waals surface area contributed by atoms with Crippen LogP contribution in [-0.2, 0) is 5.41 Å². The molecule has 1 aliphatic carbocycles. The van der Waals surface area contributed by atoms with Gasteiger partial charge in [0.05, 0.1) is 22.2 Å². The second kappa shape index (κ2) is 13.6. The smallest absolute Gasteiger partial charge is 0.164 e. The van der Waals surface area contributed by atoms with Gasteiger partial charge in [-0.25, -0.2) is 15.0 Å². The van der Waals surface area contributed by atoms with Gasteiger partial charge in [0.2, 0.25) is 0 Å². The Kier molecular flexibility index (Phi) is 7.81.